The van der Waals surface area contributed by atoms with Gasteiger partial charge in [0.15, 0.2) is 0 Å². The molecule has 0 spiro atoms. The maximum absolute atomic E-state index is 13.5. The number of esters is 1. The van der Waals surface area contributed by atoms with Crippen LogP contribution in [0.15, 0.2) is 35.1 Å². The molecule has 6 nitrogen and oxygen atoms in total. The summed E-state index contributed by atoms with van der Waals surface area (Å²) < 4.78 is 6.89. The quantitative estimate of drug-likeness (QED) is 0.763. The molecule has 1 amide bonds. The van der Waals surface area contributed by atoms with E-state index in [0.29, 0.717) is 19.4 Å². The van der Waals surface area contributed by atoms with E-state index in [9.17, 15) is 14.4 Å². The van der Waals surface area contributed by atoms with Crippen molar-refractivity contribution < 1.29 is 14.3 Å². The summed E-state index contributed by atoms with van der Waals surface area (Å²) in [5.41, 5.74) is 0.0152. The molecule has 4 rings (SSSR count). The average molecular weight is 382 g/mol. The number of rotatable bonds is 4. The Kier molecular flexibility index (Phi) is 4.52. The second-order valence-electron chi connectivity index (χ2n) is 7.87. The van der Waals surface area contributed by atoms with Crippen LogP contribution < -0.4 is 5.56 Å². The normalized spacial score (nSPS) is 26.0. The highest BCUT2D eigenvalue weighted by molar-refractivity contribution is 5.98. The van der Waals surface area contributed by atoms with E-state index in [-0.39, 0.29) is 35.1 Å². The predicted molar refractivity (Wildman–Crippen MR) is 106 cm³/mol. The number of aromatic nitrogens is 1. The molecule has 2 aromatic rings. The third kappa shape index (κ3) is 2.50. The van der Waals surface area contributed by atoms with Crippen LogP contribution in [0.2, 0.25) is 0 Å². The summed E-state index contributed by atoms with van der Waals surface area (Å²) >= 11 is 0. The molecule has 0 unspecified atom stereocenters. The molecule has 1 aromatic heterocycles. The van der Waals surface area contributed by atoms with E-state index in [1.54, 1.807) is 24.9 Å². The van der Waals surface area contributed by atoms with Crippen molar-refractivity contribution >= 4 is 22.8 Å². The number of carbonyl (C=O) groups excluding carboxylic acids is 2. The monoisotopic (exact) mass is 382 g/mol. The minimum atomic E-state index is -0.656. The van der Waals surface area contributed by atoms with Crippen LogP contribution >= 0.6 is 0 Å². The highest BCUT2D eigenvalue weighted by Crippen LogP contribution is 2.52. The van der Waals surface area contributed by atoms with Gasteiger partial charge in [-0.25, -0.2) is 0 Å². The standard InChI is InChI=1S/C22H26N2O4/c1-4-22(21(27)28-5-2)13-15-10-11-18(22)24(15)20(26)16-12-14-8-6-7-9-17(14)23(3)19(16)25/h6-9,12,15,18H,4-5,10-11,13H2,1-3H3/t15-,18+,22+/m1/s1. The van der Waals surface area contributed by atoms with Crippen LogP contribution in [0.4, 0.5) is 0 Å². The Morgan fingerprint density at radius 1 is 1.21 bits per heavy atom. The average Bonchev–Trinajstić information content (AvgIpc) is 3.27. The highest BCUT2D eigenvalue weighted by Gasteiger charge is 2.61. The number of aryl methyl sites for hydroxylation is 1. The van der Waals surface area contributed by atoms with Crippen molar-refractivity contribution in [3.8, 4) is 0 Å². The van der Waals surface area contributed by atoms with Crippen LogP contribution in [0.1, 0.15) is 49.9 Å². The Bertz CT molecular complexity index is 1010. The van der Waals surface area contributed by atoms with Gasteiger partial charge < -0.3 is 14.2 Å². The van der Waals surface area contributed by atoms with Crippen molar-refractivity contribution in [3.05, 3.63) is 46.2 Å². The first kappa shape index (κ1) is 18.7. The Labute approximate surface area is 164 Å². The molecule has 1 aromatic carbocycles. The number of carbonyl (C=O) groups is 2. The maximum Gasteiger partial charge on any atom is 0.314 e. The number of pyridine rings is 1. The van der Waals surface area contributed by atoms with Gasteiger partial charge in [-0.05, 0) is 50.1 Å². The van der Waals surface area contributed by atoms with Crippen molar-refractivity contribution in [1.29, 1.82) is 0 Å². The van der Waals surface area contributed by atoms with Crippen LogP contribution in [0.3, 0.4) is 0 Å². The predicted octanol–water partition coefficient (Wildman–Crippen LogP) is 2.87. The highest BCUT2D eigenvalue weighted by atomic mass is 16.5. The molecule has 2 aliphatic rings. The molecule has 0 aliphatic carbocycles. The van der Waals surface area contributed by atoms with Gasteiger partial charge in [0, 0.05) is 19.1 Å². The van der Waals surface area contributed by atoms with Crippen molar-refractivity contribution in [2.45, 2.75) is 51.6 Å². The van der Waals surface area contributed by atoms with Gasteiger partial charge in [0.05, 0.1) is 17.5 Å². The summed E-state index contributed by atoms with van der Waals surface area (Å²) in [4.78, 5) is 40.9. The lowest BCUT2D eigenvalue weighted by molar-refractivity contribution is -0.157. The molecule has 28 heavy (non-hydrogen) atoms. The van der Waals surface area contributed by atoms with Gasteiger partial charge in [0.1, 0.15) is 5.56 Å². The van der Waals surface area contributed by atoms with Crippen LogP contribution in [-0.2, 0) is 16.6 Å². The van der Waals surface area contributed by atoms with Crippen molar-refractivity contribution in [3.63, 3.8) is 0 Å². The summed E-state index contributed by atoms with van der Waals surface area (Å²) in [7, 11) is 1.69. The second-order valence-corrected chi connectivity index (χ2v) is 7.87. The van der Waals surface area contributed by atoms with Crippen LogP contribution in [0.5, 0.6) is 0 Å². The SMILES string of the molecule is CCOC(=O)[C@@]1(CC)C[C@H]2CC[C@@H]1N2C(=O)c1cc2ccccc2n(C)c1=O. The lowest BCUT2D eigenvalue weighted by Gasteiger charge is -2.34. The van der Waals surface area contributed by atoms with E-state index in [0.717, 1.165) is 23.7 Å². The molecule has 148 valence electrons. The van der Waals surface area contributed by atoms with Crippen LogP contribution in [0, 0.1) is 5.41 Å². The van der Waals surface area contributed by atoms with Gasteiger partial charge in [-0.15, -0.1) is 0 Å². The zero-order chi connectivity index (χ0) is 20.1. The molecule has 0 saturated carbocycles. The molecule has 3 atom stereocenters. The first-order valence-corrected chi connectivity index (χ1v) is 10.0. The first-order valence-electron chi connectivity index (χ1n) is 10.0. The van der Waals surface area contributed by atoms with Crippen LogP contribution in [-0.4, -0.2) is 40.0 Å². The molecule has 2 aliphatic heterocycles. The lowest BCUT2D eigenvalue weighted by Crippen LogP contribution is -2.46. The third-order valence-corrected chi connectivity index (χ3v) is 6.65. The zero-order valence-corrected chi connectivity index (χ0v) is 16.6. The summed E-state index contributed by atoms with van der Waals surface area (Å²) in [6, 6.07) is 9.01. The fourth-order valence-corrected chi connectivity index (χ4v) is 5.22. The van der Waals surface area contributed by atoms with Gasteiger partial charge in [0.2, 0.25) is 0 Å². The van der Waals surface area contributed by atoms with Crippen molar-refractivity contribution in [1.82, 2.24) is 9.47 Å². The Hall–Kier alpha value is -2.63. The molecule has 2 fully saturated rings. The number of ether oxygens (including phenoxy) is 1. The fourth-order valence-electron chi connectivity index (χ4n) is 5.22. The molecule has 2 bridgehead atoms. The van der Waals surface area contributed by atoms with E-state index in [1.807, 2.05) is 31.2 Å². The second kappa shape index (κ2) is 6.76. The van der Waals surface area contributed by atoms with Gasteiger partial charge in [0.25, 0.3) is 11.5 Å². The first-order chi connectivity index (χ1) is 13.4. The summed E-state index contributed by atoms with van der Waals surface area (Å²) in [5.74, 6) is -0.479. The number of amides is 1. The topological polar surface area (TPSA) is 68.6 Å². The van der Waals surface area contributed by atoms with E-state index < -0.39 is 5.41 Å². The molecule has 2 saturated heterocycles. The van der Waals surface area contributed by atoms with Crippen molar-refractivity contribution in [2.24, 2.45) is 12.5 Å². The van der Waals surface area contributed by atoms with Crippen LogP contribution in [0.25, 0.3) is 10.9 Å². The number of benzene rings is 1. The van der Waals surface area contributed by atoms with E-state index in [4.69, 9.17) is 4.74 Å². The van der Waals surface area contributed by atoms with E-state index >= 15 is 0 Å². The van der Waals surface area contributed by atoms with E-state index in [1.165, 1.54) is 4.57 Å². The van der Waals surface area contributed by atoms with Gasteiger partial charge in [-0.2, -0.15) is 0 Å². The number of para-hydroxylation sites is 1. The Balaban J connectivity index is 1.76. The largest absolute Gasteiger partial charge is 0.466 e. The number of fused-ring (bicyclic) bond motifs is 3. The Morgan fingerprint density at radius 2 is 1.96 bits per heavy atom. The van der Waals surface area contributed by atoms with Gasteiger partial charge in [-0.3, -0.25) is 14.4 Å². The van der Waals surface area contributed by atoms with Gasteiger partial charge >= 0.3 is 5.97 Å². The number of hydrogen-bond donors (Lipinski definition) is 0. The summed E-state index contributed by atoms with van der Waals surface area (Å²) in [6.07, 6.45) is 2.89. The van der Waals surface area contributed by atoms with Gasteiger partial charge in [-0.1, -0.05) is 25.1 Å². The molecule has 6 heteroatoms. The summed E-state index contributed by atoms with van der Waals surface area (Å²) in [5, 5.41) is 0.853. The molecule has 3 heterocycles. The molecular weight excluding hydrogens is 356 g/mol. The maximum atomic E-state index is 13.5. The zero-order valence-electron chi connectivity index (χ0n) is 16.6. The minimum Gasteiger partial charge on any atom is -0.466 e. The number of hydrogen-bond acceptors (Lipinski definition) is 4. The van der Waals surface area contributed by atoms with Crippen molar-refractivity contribution in [2.75, 3.05) is 6.61 Å². The molecule has 0 N–H and O–H groups in total. The summed E-state index contributed by atoms with van der Waals surface area (Å²) in [6.45, 7) is 4.11. The van der Waals surface area contributed by atoms with E-state index in [2.05, 4.69) is 0 Å². The molecule has 0 radical (unpaired) electrons. The molecular formula is C22H26N2O4. The lowest BCUT2D eigenvalue weighted by atomic mass is 9.72. The minimum absolute atomic E-state index is 0.0157. The fraction of sp³-hybridized carbons (Fsp3) is 0.500. The third-order valence-electron chi connectivity index (χ3n) is 6.65. The smallest absolute Gasteiger partial charge is 0.314 e. The number of nitrogens with zero attached hydrogens (tertiary/aromatic N) is 2. The Morgan fingerprint density at radius 3 is 2.68 bits per heavy atom.